The molecule has 0 radical (unpaired) electrons. The number of aliphatic carboxylic acids is 1. The molecule has 1 heterocycles. The van der Waals surface area contributed by atoms with Crippen LogP contribution in [0.4, 0.5) is 13.2 Å². The van der Waals surface area contributed by atoms with Gasteiger partial charge >= 0.3 is 12.1 Å². The average Bonchev–Trinajstić information content (AvgIpc) is 3.35. The van der Waals surface area contributed by atoms with Crippen LogP contribution in [-0.2, 0) is 17.4 Å². The lowest BCUT2D eigenvalue weighted by Gasteiger charge is -2.37. The third kappa shape index (κ3) is 4.86. The minimum atomic E-state index is -4.32. The molecule has 2 bridgehead atoms. The number of hydrogen-bond donors (Lipinski definition) is 1. The van der Waals surface area contributed by atoms with E-state index in [1.165, 1.54) is 31.4 Å². The summed E-state index contributed by atoms with van der Waals surface area (Å²) in [6.45, 7) is 0. The molecule has 2 fully saturated rings. The maximum Gasteiger partial charge on any atom is 0.416 e. The van der Waals surface area contributed by atoms with Gasteiger partial charge in [0.25, 0.3) is 0 Å². The van der Waals surface area contributed by atoms with E-state index in [0.29, 0.717) is 30.4 Å². The number of carboxylic acids is 1. The first-order valence-corrected chi connectivity index (χ1v) is 12.0. The summed E-state index contributed by atoms with van der Waals surface area (Å²) >= 11 is 1.55. The fourth-order valence-corrected chi connectivity index (χ4v) is 6.84. The minimum Gasteiger partial charge on any atom is -0.481 e. The molecule has 3 nitrogen and oxygen atoms in total. The van der Waals surface area contributed by atoms with Crippen LogP contribution >= 0.6 is 11.8 Å². The molecule has 1 aromatic rings. The number of thioether (sulfide) groups is 1. The molecular weight excluding hydrogens is 423 g/mol. The number of dihydropyridines is 1. The predicted molar refractivity (Wildman–Crippen MR) is 117 cm³/mol. The Morgan fingerprint density at radius 1 is 1.19 bits per heavy atom. The maximum atomic E-state index is 12.7. The smallest absolute Gasteiger partial charge is 0.416 e. The highest BCUT2D eigenvalue weighted by Crippen LogP contribution is 2.54. The van der Waals surface area contributed by atoms with Gasteiger partial charge in [0, 0.05) is 6.21 Å². The third-order valence-electron chi connectivity index (χ3n) is 7.19. The summed E-state index contributed by atoms with van der Waals surface area (Å²) in [4.78, 5) is 17.0. The van der Waals surface area contributed by atoms with Gasteiger partial charge in [0.15, 0.2) is 0 Å². The van der Waals surface area contributed by atoms with Crippen LogP contribution < -0.4 is 0 Å². The van der Waals surface area contributed by atoms with Crippen LogP contribution in [0.2, 0.25) is 0 Å². The Morgan fingerprint density at radius 3 is 2.58 bits per heavy atom. The molecule has 4 rings (SSSR count). The Hall–Kier alpha value is -1.76. The molecule has 168 valence electrons. The lowest BCUT2D eigenvalue weighted by molar-refractivity contribution is -0.147. The zero-order valence-corrected chi connectivity index (χ0v) is 18.2. The fraction of sp³-hybridized carbons (Fsp3) is 0.583. The van der Waals surface area contributed by atoms with Crippen molar-refractivity contribution < 1.29 is 23.1 Å². The molecule has 7 heteroatoms. The Balaban J connectivity index is 1.34. The quantitative estimate of drug-likeness (QED) is 0.476. The standard InChI is InChI=1S/C24H28F3NO2S/c25-24(26,27)20-8-5-16(6-9-20)3-1-12-31-21-23(22(29)30,10-2-11-28-21)15-19-14-17-4-7-18(19)13-17/h2,5-6,8-11,17-19,21H,1,3-4,7,12-15H2,(H,29,30). The van der Waals surface area contributed by atoms with E-state index in [0.717, 1.165) is 36.5 Å². The molecule has 5 atom stereocenters. The molecule has 1 N–H and O–H groups in total. The van der Waals surface area contributed by atoms with Gasteiger partial charge < -0.3 is 5.11 Å². The topological polar surface area (TPSA) is 49.7 Å². The maximum absolute atomic E-state index is 12.7. The third-order valence-corrected chi connectivity index (χ3v) is 8.57. The van der Waals surface area contributed by atoms with Gasteiger partial charge in [-0.15, -0.1) is 11.8 Å². The fourth-order valence-electron chi connectivity index (χ4n) is 5.57. The number of carbonyl (C=O) groups is 1. The van der Waals surface area contributed by atoms with Crippen molar-refractivity contribution in [1.29, 1.82) is 0 Å². The van der Waals surface area contributed by atoms with Crippen LogP contribution in [0, 0.1) is 23.2 Å². The predicted octanol–water partition coefficient (Wildman–Crippen LogP) is 6.24. The van der Waals surface area contributed by atoms with Crippen molar-refractivity contribution in [2.75, 3.05) is 5.75 Å². The van der Waals surface area contributed by atoms with Crippen molar-refractivity contribution in [1.82, 2.24) is 0 Å². The van der Waals surface area contributed by atoms with Crippen LogP contribution in [0.25, 0.3) is 0 Å². The lowest BCUT2D eigenvalue weighted by Crippen LogP contribution is -2.42. The van der Waals surface area contributed by atoms with Crippen molar-refractivity contribution >= 4 is 23.9 Å². The Kier molecular flexibility index (Phi) is 6.52. The summed E-state index contributed by atoms with van der Waals surface area (Å²) in [5.41, 5.74) is -0.754. The summed E-state index contributed by atoms with van der Waals surface area (Å²) in [5.74, 6) is 1.80. The lowest BCUT2D eigenvalue weighted by atomic mass is 9.73. The molecule has 2 aliphatic carbocycles. The summed E-state index contributed by atoms with van der Waals surface area (Å²) in [7, 11) is 0. The van der Waals surface area contributed by atoms with E-state index < -0.39 is 23.1 Å². The highest BCUT2D eigenvalue weighted by Gasteiger charge is 2.50. The Labute approximate surface area is 185 Å². The van der Waals surface area contributed by atoms with Crippen LogP contribution in [0.5, 0.6) is 0 Å². The molecule has 0 spiro atoms. The highest BCUT2D eigenvalue weighted by molar-refractivity contribution is 7.99. The van der Waals surface area contributed by atoms with Crippen molar-refractivity contribution in [3.05, 3.63) is 47.5 Å². The van der Waals surface area contributed by atoms with Gasteiger partial charge in [-0.1, -0.05) is 24.6 Å². The second-order valence-corrected chi connectivity index (χ2v) is 10.4. The molecule has 5 unspecified atom stereocenters. The van der Waals surface area contributed by atoms with E-state index >= 15 is 0 Å². The zero-order chi connectivity index (χ0) is 22.1. The number of allylic oxidation sites excluding steroid dienone is 1. The largest absolute Gasteiger partial charge is 0.481 e. The SMILES string of the molecule is O=C(O)C1(CC2CC3CCC2C3)C=CC=NC1SCCCc1ccc(C(F)(F)F)cc1. The van der Waals surface area contributed by atoms with Gasteiger partial charge in [0.2, 0.25) is 0 Å². The number of rotatable bonds is 8. The number of carboxylic acid groups (broad SMARTS) is 1. The minimum absolute atomic E-state index is 0.360. The van der Waals surface area contributed by atoms with Gasteiger partial charge in [-0.25, -0.2) is 0 Å². The van der Waals surface area contributed by atoms with Gasteiger partial charge in [0.05, 0.1) is 5.56 Å². The van der Waals surface area contributed by atoms with Gasteiger partial charge in [-0.05, 0) is 85.8 Å². The summed E-state index contributed by atoms with van der Waals surface area (Å²) < 4.78 is 38.1. The number of halogens is 3. The zero-order valence-electron chi connectivity index (χ0n) is 17.4. The summed E-state index contributed by atoms with van der Waals surface area (Å²) in [6, 6.07) is 5.27. The molecule has 3 aliphatic rings. The molecule has 1 aromatic carbocycles. The number of benzene rings is 1. The monoisotopic (exact) mass is 451 g/mol. The van der Waals surface area contributed by atoms with E-state index in [9.17, 15) is 23.1 Å². The Morgan fingerprint density at radius 2 is 1.97 bits per heavy atom. The number of hydrogen-bond acceptors (Lipinski definition) is 3. The van der Waals surface area contributed by atoms with E-state index in [1.807, 2.05) is 6.08 Å². The van der Waals surface area contributed by atoms with Crippen LogP contribution in [0.15, 0.2) is 41.4 Å². The molecule has 31 heavy (non-hydrogen) atoms. The van der Waals surface area contributed by atoms with E-state index in [1.54, 1.807) is 24.1 Å². The number of fused-ring (bicyclic) bond motifs is 2. The second kappa shape index (κ2) is 9.00. The first-order chi connectivity index (χ1) is 14.8. The molecule has 0 aromatic heterocycles. The molecule has 2 saturated carbocycles. The molecule has 0 amide bonds. The van der Waals surface area contributed by atoms with Crippen molar-refractivity contribution in [2.24, 2.45) is 28.2 Å². The first kappa shape index (κ1) is 22.4. The molecular formula is C24H28F3NO2S. The van der Waals surface area contributed by atoms with Crippen molar-refractivity contribution in [3.8, 4) is 0 Å². The van der Waals surface area contributed by atoms with Crippen molar-refractivity contribution in [2.45, 2.75) is 56.5 Å². The molecule has 1 aliphatic heterocycles. The first-order valence-electron chi connectivity index (χ1n) is 11.0. The number of alkyl halides is 3. The van der Waals surface area contributed by atoms with Gasteiger partial charge in [-0.2, -0.15) is 13.2 Å². The summed E-state index contributed by atoms with van der Waals surface area (Å²) in [6.07, 6.45) is 7.94. The normalized spacial score (nSPS) is 32.0. The number of nitrogens with zero attached hydrogens (tertiary/aromatic N) is 1. The number of aryl methyl sites for hydroxylation is 1. The summed E-state index contributed by atoms with van der Waals surface area (Å²) in [5, 5.41) is 9.83. The van der Waals surface area contributed by atoms with Crippen LogP contribution in [0.1, 0.15) is 49.7 Å². The second-order valence-electron chi connectivity index (χ2n) is 9.16. The van der Waals surface area contributed by atoms with E-state index in [4.69, 9.17) is 0 Å². The van der Waals surface area contributed by atoms with Gasteiger partial charge in [-0.3, -0.25) is 9.79 Å². The average molecular weight is 452 g/mol. The Bertz CT molecular complexity index is 851. The van der Waals surface area contributed by atoms with Crippen LogP contribution in [0.3, 0.4) is 0 Å². The number of aliphatic imine (C=N–C) groups is 1. The van der Waals surface area contributed by atoms with E-state index in [-0.39, 0.29) is 5.37 Å². The highest BCUT2D eigenvalue weighted by atomic mass is 32.2. The van der Waals surface area contributed by atoms with E-state index in [2.05, 4.69) is 4.99 Å². The van der Waals surface area contributed by atoms with Crippen LogP contribution in [-0.4, -0.2) is 28.4 Å². The van der Waals surface area contributed by atoms with Gasteiger partial charge in [0.1, 0.15) is 10.8 Å². The molecule has 0 saturated heterocycles. The van der Waals surface area contributed by atoms with Crippen molar-refractivity contribution in [3.63, 3.8) is 0 Å².